The molecule has 1 aliphatic heterocycles. The van der Waals surface area contributed by atoms with Crippen molar-refractivity contribution in [3.63, 3.8) is 0 Å². The zero-order chi connectivity index (χ0) is 9.42. The molecule has 1 aromatic heterocycles. The number of hydrogen-bond acceptors (Lipinski definition) is 3. The number of hydrogen-bond donors (Lipinski definition) is 2. The number of likely N-dealkylation sites (tertiary alicyclic amines) is 1. The second-order valence-electron chi connectivity index (χ2n) is 3.18. The highest BCUT2D eigenvalue weighted by Crippen LogP contribution is 2.26. The predicted octanol–water partition coefficient (Wildman–Crippen LogP) is 0.190. The topological polar surface area (TPSA) is 82.1 Å². The van der Waals surface area contributed by atoms with E-state index in [0.29, 0.717) is 13.1 Å². The van der Waals surface area contributed by atoms with Crippen LogP contribution in [-0.2, 0) is 0 Å². The first-order valence-electron chi connectivity index (χ1n) is 4.03. The van der Waals surface area contributed by atoms with Crippen molar-refractivity contribution in [1.82, 2.24) is 20.3 Å². The number of aryl methyl sites for hydroxylation is 1. The minimum atomic E-state index is -0.864. The summed E-state index contributed by atoms with van der Waals surface area (Å²) in [5, 5.41) is 19.0. The van der Waals surface area contributed by atoms with E-state index in [0.717, 1.165) is 11.4 Å². The molecule has 1 aromatic rings. The lowest BCUT2D eigenvalue weighted by Gasteiger charge is -2.35. The van der Waals surface area contributed by atoms with Gasteiger partial charge in [0, 0.05) is 19.0 Å². The van der Waals surface area contributed by atoms with Gasteiger partial charge in [0.15, 0.2) is 0 Å². The number of nitrogens with one attached hydrogen (secondary N) is 1. The van der Waals surface area contributed by atoms with Gasteiger partial charge < -0.3 is 10.0 Å². The van der Waals surface area contributed by atoms with Crippen molar-refractivity contribution >= 4 is 6.09 Å². The number of rotatable bonds is 1. The van der Waals surface area contributed by atoms with Crippen molar-refractivity contribution in [1.29, 1.82) is 0 Å². The van der Waals surface area contributed by atoms with Gasteiger partial charge in [-0.15, -0.1) is 0 Å². The summed E-state index contributed by atoms with van der Waals surface area (Å²) in [6, 6.07) is 0. The third-order valence-corrected chi connectivity index (χ3v) is 2.30. The van der Waals surface area contributed by atoms with E-state index in [2.05, 4.69) is 15.4 Å². The van der Waals surface area contributed by atoms with E-state index in [1.807, 2.05) is 6.92 Å². The molecule has 2 N–H and O–H groups in total. The van der Waals surface area contributed by atoms with Crippen molar-refractivity contribution < 1.29 is 9.90 Å². The van der Waals surface area contributed by atoms with Crippen LogP contribution in [0.2, 0.25) is 0 Å². The average molecular weight is 182 g/mol. The molecule has 0 unspecified atom stereocenters. The van der Waals surface area contributed by atoms with Crippen molar-refractivity contribution in [2.45, 2.75) is 12.8 Å². The van der Waals surface area contributed by atoms with E-state index < -0.39 is 6.09 Å². The molecule has 0 aromatic carbocycles. The van der Waals surface area contributed by atoms with E-state index >= 15 is 0 Å². The van der Waals surface area contributed by atoms with Gasteiger partial charge in [0.2, 0.25) is 0 Å². The molecule has 0 spiro atoms. The van der Waals surface area contributed by atoms with Crippen LogP contribution in [0.15, 0.2) is 0 Å². The van der Waals surface area contributed by atoms with Crippen LogP contribution in [0, 0.1) is 6.92 Å². The average Bonchev–Trinajstić information content (AvgIpc) is 2.32. The zero-order valence-electron chi connectivity index (χ0n) is 7.19. The number of carboxylic acid groups (broad SMARTS) is 1. The summed E-state index contributed by atoms with van der Waals surface area (Å²) in [4.78, 5) is 11.8. The SMILES string of the molecule is Cc1n[nH]nc1C1CN(C(=O)O)C1. The van der Waals surface area contributed by atoms with Gasteiger partial charge in [0.1, 0.15) is 0 Å². The number of amides is 1. The Labute approximate surface area is 74.6 Å². The highest BCUT2D eigenvalue weighted by molar-refractivity contribution is 5.66. The van der Waals surface area contributed by atoms with Gasteiger partial charge in [-0.25, -0.2) is 4.79 Å². The molecule has 70 valence electrons. The third kappa shape index (κ3) is 1.24. The number of aromatic nitrogens is 3. The van der Waals surface area contributed by atoms with Crippen LogP contribution >= 0.6 is 0 Å². The molecule has 1 amide bonds. The van der Waals surface area contributed by atoms with Crippen LogP contribution < -0.4 is 0 Å². The van der Waals surface area contributed by atoms with Gasteiger partial charge in [-0.1, -0.05) is 0 Å². The van der Waals surface area contributed by atoms with Crippen molar-refractivity contribution in [3.8, 4) is 0 Å². The van der Waals surface area contributed by atoms with Crippen molar-refractivity contribution in [3.05, 3.63) is 11.4 Å². The number of carbonyl (C=O) groups is 1. The Bertz CT molecular complexity index is 329. The van der Waals surface area contributed by atoms with E-state index in [1.165, 1.54) is 4.90 Å². The molecule has 6 heteroatoms. The molecule has 0 aliphatic carbocycles. The molecular weight excluding hydrogens is 172 g/mol. The minimum absolute atomic E-state index is 0.217. The Hall–Kier alpha value is -1.59. The Morgan fingerprint density at radius 2 is 2.31 bits per heavy atom. The monoisotopic (exact) mass is 182 g/mol. The summed E-state index contributed by atoms with van der Waals surface area (Å²) in [6.45, 7) is 2.92. The van der Waals surface area contributed by atoms with E-state index in [9.17, 15) is 4.79 Å². The molecule has 1 aliphatic rings. The van der Waals surface area contributed by atoms with E-state index in [-0.39, 0.29) is 5.92 Å². The number of nitrogens with zero attached hydrogens (tertiary/aromatic N) is 3. The molecule has 1 saturated heterocycles. The molecule has 2 heterocycles. The third-order valence-electron chi connectivity index (χ3n) is 2.30. The molecule has 13 heavy (non-hydrogen) atoms. The molecule has 0 bridgehead atoms. The smallest absolute Gasteiger partial charge is 0.407 e. The summed E-state index contributed by atoms with van der Waals surface area (Å²) >= 11 is 0. The predicted molar refractivity (Wildman–Crippen MR) is 43.5 cm³/mol. The van der Waals surface area contributed by atoms with Crippen LogP contribution in [0.4, 0.5) is 4.79 Å². The van der Waals surface area contributed by atoms with Gasteiger partial charge in [0.05, 0.1) is 11.4 Å². The zero-order valence-corrected chi connectivity index (χ0v) is 7.19. The van der Waals surface area contributed by atoms with Crippen LogP contribution in [0.25, 0.3) is 0 Å². The first-order chi connectivity index (χ1) is 6.18. The maximum Gasteiger partial charge on any atom is 0.407 e. The van der Waals surface area contributed by atoms with Crippen LogP contribution in [-0.4, -0.2) is 44.6 Å². The lowest BCUT2D eigenvalue weighted by molar-refractivity contribution is 0.104. The maximum absolute atomic E-state index is 10.5. The lowest BCUT2D eigenvalue weighted by atomic mass is 9.96. The normalized spacial score (nSPS) is 17.2. The second-order valence-corrected chi connectivity index (χ2v) is 3.18. The van der Waals surface area contributed by atoms with E-state index in [1.54, 1.807) is 0 Å². The summed E-state index contributed by atoms with van der Waals surface area (Å²) in [5.74, 6) is 0.217. The van der Waals surface area contributed by atoms with Crippen LogP contribution in [0.5, 0.6) is 0 Å². The highest BCUT2D eigenvalue weighted by atomic mass is 16.4. The molecule has 2 rings (SSSR count). The molecule has 0 atom stereocenters. The summed E-state index contributed by atoms with van der Waals surface area (Å²) in [5.41, 5.74) is 1.74. The van der Waals surface area contributed by atoms with E-state index in [4.69, 9.17) is 5.11 Å². The van der Waals surface area contributed by atoms with Gasteiger partial charge in [-0.3, -0.25) is 0 Å². The van der Waals surface area contributed by atoms with Crippen molar-refractivity contribution in [2.24, 2.45) is 0 Å². The Morgan fingerprint density at radius 1 is 1.62 bits per heavy atom. The maximum atomic E-state index is 10.5. The standard InChI is InChI=1S/C7H10N4O2/c1-4-6(9-10-8-4)5-2-11(3-5)7(12)13/h5H,2-3H2,1H3,(H,12,13)(H,8,9,10). The fourth-order valence-corrected chi connectivity index (χ4v) is 1.49. The largest absolute Gasteiger partial charge is 0.465 e. The quantitative estimate of drug-likeness (QED) is 0.649. The fraction of sp³-hybridized carbons (Fsp3) is 0.571. The molecular formula is C7H10N4O2. The fourth-order valence-electron chi connectivity index (χ4n) is 1.49. The van der Waals surface area contributed by atoms with Gasteiger partial charge in [0.25, 0.3) is 0 Å². The molecule has 1 fully saturated rings. The first kappa shape index (κ1) is 8.03. The van der Waals surface area contributed by atoms with Gasteiger partial charge in [-0.05, 0) is 6.92 Å². The lowest BCUT2D eigenvalue weighted by Crippen LogP contribution is -2.48. The summed E-state index contributed by atoms with van der Waals surface area (Å²) in [7, 11) is 0. The molecule has 0 saturated carbocycles. The van der Waals surface area contributed by atoms with Crippen molar-refractivity contribution in [2.75, 3.05) is 13.1 Å². The minimum Gasteiger partial charge on any atom is -0.465 e. The Balaban J connectivity index is 2.01. The number of H-pyrrole nitrogens is 1. The van der Waals surface area contributed by atoms with Gasteiger partial charge in [-0.2, -0.15) is 15.4 Å². The highest BCUT2D eigenvalue weighted by Gasteiger charge is 2.34. The summed E-state index contributed by atoms with van der Waals surface area (Å²) < 4.78 is 0. The first-order valence-corrected chi connectivity index (χ1v) is 4.03. The second kappa shape index (κ2) is 2.72. The Morgan fingerprint density at radius 3 is 2.77 bits per heavy atom. The molecule has 0 radical (unpaired) electrons. The van der Waals surface area contributed by atoms with Crippen LogP contribution in [0.3, 0.4) is 0 Å². The van der Waals surface area contributed by atoms with Crippen LogP contribution in [0.1, 0.15) is 17.3 Å². The molecule has 6 nitrogen and oxygen atoms in total. The van der Waals surface area contributed by atoms with Gasteiger partial charge >= 0.3 is 6.09 Å². The summed E-state index contributed by atoms with van der Waals surface area (Å²) in [6.07, 6.45) is -0.864. The Kier molecular flexibility index (Phi) is 1.68. The number of aromatic amines is 1.